The summed E-state index contributed by atoms with van der Waals surface area (Å²) in [6.07, 6.45) is 0. The molecule has 2 rings (SSSR count). The Morgan fingerprint density at radius 1 is 1.39 bits per heavy atom. The minimum absolute atomic E-state index is 0.0361. The van der Waals surface area contributed by atoms with Gasteiger partial charge in [0.2, 0.25) is 5.91 Å². The zero-order valence-corrected chi connectivity index (χ0v) is 11.3. The second-order valence-electron chi connectivity index (χ2n) is 3.92. The van der Waals surface area contributed by atoms with Gasteiger partial charge in [0.15, 0.2) is 0 Å². The Morgan fingerprint density at radius 3 is 2.72 bits per heavy atom. The second kappa shape index (κ2) is 6.17. The molecule has 0 unspecified atom stereocenters. The minimum Gasteiger partial charge on any atom is -0.342 e. The lowest BCUT2D eigenvalue weighted by Crippen LogP contribution is -2.49. The van der Waals surface area contributed by atoms with Crippen LogP contribution in [0.3, 0.4) is 0 Å². The fourth-order valence-corrected chi connectivity index (χ4v) is 2.66. The summed E-state index contributed by atoms with van der Waals surface area (Å²) in [5, 5.41) is 5.78. The molecule has 7 heteroatoms. The molecule has 5 nitrogen and oxygen atoms in total. The molecule has 2 heterocycles. The summed E-state index contributed by atoms with van der Waals surface area (Å²) in [6.45, 7) is 3.04. The molecule has 0 aromatic carbocycles. The van der Waals surface area contributed by atoms with Crippen molar-refractivity contribution in [2.75, 3.05) is 32.7 Å². The molecular formula is C11H14ClN3O2S. The maximum Gasteiger partial charge on any atom is 0.261 e. The van der Waals surface area contributed by atoms with E-state index in [4.69, 9.17) is 11.6 Å². The maximum atomic E-state index is 11.8. The van der Waals surface area contributed by atoms with E-state index in [1.807, 2.05) is 0 Å². The van der Waals surface area contributed by atoms with E-state index in [0.29, 0.717) is 22.3 Å². The third-order valence-corrected chi connectivity index (χ3v) is 3.90. The summed E-state index contributed by atoms with van der Waals surface area (Å²) in [5.41, 5.74) is 0. The van der Waals surface area contributed by atoms with Crippen LogP contribution in [0, 0.1) is 0 Å². The first-order valence-corrected chi connectivity index (χ1v) is 6.88. The Morgan fingerprint density at radius 2 is 2.11 bits per heavy atom. The minimum atomic E-state index is -0.254. The topological polar surface area (TPSA) is 61.4 Å². The third kappa shape index (κ3) is 3.44. The fourth-order valence-electron chi connectivity index (χ4n) is 1.71. The number of carbonyl (C=O) groups is 2. The molecule has 1 fully saturated rings. The van der Waals surface area contributed by atoms with Crippen molar-refractivity contribution in [3.63, 3.8) is 0 Å². The Hall–Kier alpha value is -1.11. The van der Waals surface area contributed by atoms with Crippen LogP contribution in [-0.4, -0.2) is 49.4 Å². The van der Waals surface area contributed by atoms with E-state index in [1.165, 1.54) is 11.3 Å². The first-order valence-electron chi connectivity index (χ1n) is 5.69. The summed E-state index contributed by atoms with van der Waals surface area (Å²) in [4.78, 5) is 25.8. The maximum absolute atomic E-state index is 11.8. The van der Waals surface area contributed by atoms with Crippen LogP contribution in [0.25, 0.3) is 0 Å². The molecule has 1 aromatic heterocycles. The molecule has 2 N–H and O–H groups in total. The SMILES string of the molecule is O=C(NCC(=O)N1CCNCC1)c1ccc(Cl)s1. The van der Waals surface area contributed by atoms with Gasteiger partial charge in [-0.3, -0.25) is 9.59 Å². The van der Waals surface area contributed by atoms with Gasteiger partial charge in [0.05, 0.1) is 15.8 Å². The van der Waals surface area contributed by atoms with Crippen LogP contribution in [0.2, 0.25) is 4.34 Å². The number of nitrogens with one attached hydrogen (secondary N) is 2. The number of piperazine rings is 1. The van der Waals surface area contributed by atoms with Crippen LogP contribution in [-0.2, 0) is 4.79 Å². The lowest BCUT2D eigenvalue weighted by atomic mass is 10.3. The molecule has 1 aromatic rings. The van der Waals surface area contributed by atoms with Gasteiger partial charge in [-0.2, -0.15) is 0 Å². The van der Waals surface area contributed by atoms with Crippen molar-refractivity contribution in [2.24, 2.45) is 0 Å². The number of hydrogen-bond donors (Lipinski definition) is 2. The van der Waals surface area contributed by atoms with Crippen LogP contribution >= 0.6 is 22.9 Å². The second-order valence-corrected chi connectivity index (χ2v) is 5.63. The van der Waals surface area contributed by atoms with Crippen molar-refractivity contribution < 1.29 is 9.59 Å². The Bertz CT molecular complexity index is 443. The summed E-state index contributed by atoms with van der Waals surface area (Å²) in [6, 6.07) is 3.32. The Kier molecular flexibility index (Phi) is 4.57. The number of hydrogen-bond acceptors (Lipinski definition) is 4. The van der Waals surface area contributed by atoms with E-state index >= 15 is 0 Å². The van der Waals surface area contributed by atoms with E-state index < -0.39 is 0 Å². The summed E-state index contributed by atoms with van der Waals surface area (Å²) in [5.74, 6) is -0.303. The van der Waals surface area contributed by atoms with Crippen molar-refractivity contribution in [2.45, 2.75) is 0 Å². The first kappa shape index (κ1) is 13.3. The van der Waals surface area contributed by atoms with Gasteiger partial charge in [0.25, 0.3) is 5.91 Å². The Labute approximate surface area is 114 Å². The van der Waals surface area contributed by atoms with Crippen molar-refractivity contribution in [3.05, 3.63) is 21.3 Å². The third-order valence-electron chi connectivity index (χ3n) is 2.67. The van der Waals surface area contributed by atoms with Crippen LogP contribution < -0.4 is 10.6 Å². The molecule has 98 valence electrons. The van der Waals surface area contributed by atoms with E-state index in [1.54, 1.807) is 17.0 Å². The molecule has 0 bridgehead atoms. The highest BCUT2D eigenvalue weighted by Crippen LogP contribution is 2.20. The molecule has 1 saturated heterocycles. The van der Waals surface area contributed by atoms with Crippen LogP contribution in [0.4, 0.5) is 0 Å². The predicted molar refractivity (Wildman–Crippen MR) is 71.1 cm³/mol. The molecule has 0 atom stereocenters. The number of carbonyl (C=O) groups excluding carboxylic acids is 2. The predicted octanol–water partition coefficient (Wildman–Crippen LogP) is 0.563. The van der Waals surface area contributed by atoms with Gasteiger partial charge >= 0.3 is 0 Å². The van der Waals surface area contributed by atoms with E-state index in [2.05, 4.69) is 10.6 Å². The normalized spacial score (nSPS) is 15.5. The summed E-state index contributed by atoms with van der Waals surface area (Å²) in [7, 11) is 0. The smallest absolute Gasteiger partial charge is 0.261 e. The van der Waals surface area contributed by atoms with Crippen LogP contribution in [0.15, 0.2) is 12.1 Å². The molecule has 2 amide bonds. The average Bonchev–Trinajstić information content (AvgIpc) is 2.83. The summed E-state index contributed by atoms with van der Waals surface area (Å²) >= 11 is 6.95. The van der Waals surface area contributed by atoms with Gasteiger partial charge in [-0.1, -0.05) is 11.6 Å². The zero-order chi connectivity index (χ0) is 13.0. The number of amides is 2. The number of nitrogens with zero attached hydrogens (tertiary/aromatic N) is 1. The Balaban J connectivity index is 1.80. The molecular weight excluding hydrogens is 274 g/mol. The fraction of sp³-hybridized carbons (Fsp3) is 0.455. The molecule has 0 spiro atoms. The lowest BCUT2D eigenvalue weighted by Gasteiger charge is -2.27. The average molecular weight is 288 g/mol. The van der Waals surface area contributed by atoms with Gasteiger partial charge in [0, 0.05) is 26.2 Å². The van der Waals surface area contributed by atoms with Gasteiger partial charge in [-0.15, -0.1) is 11.3 Å². The van der Waals surface area contributed by atoms with Crippen molar-refractivity contribution >= 4 is 34.8 Å². The standard InChI is InChI=1S/C11H14ClN3O2S/c12-9-2-1-8(18-9)11(17)14-7-10(16)15-5-3-13-4-6-15/h1-2,13H,3-7H2,(H,14,17). The van der Waals surface area contributed by atoms with Gasteiger partial charge in [-0.05, 0) is 12.1 Å². The van der Waals surface area contributed by atoms with Crippen LogP contribution in [0.1, 0.15) is 9.67 Å². The quantitative estimate of drug-likeness (QED) is 0.854. The van der Waals surface area contributed by atoms with Crippen molar-refractivity contribution in [1.29, 1.82) is 0 Å². The van der Waals surface area contributed by atoms with E-state index in [-0.39, 0.29) is 18.4 Å². The number of rotatable bonds is 3. The number of halogens is 1. The van der Waals surface area contributed by atoms with Gasteiger partial charge in [0.1, 0.15) is 0 Å². The van der Waals surface area contributed by atoms with Gasteiger partial charge < -0.3 is 15.5 Å². The molecule has 0 radical (unpaired) electrons. The van der Waals surface area contributed by atoms with Crippen LogP contribution in [0.5, 0.6) is 0 Å². The van der Waals surface area contributed by atoms with Gasteiger partial charge in [-0.25, -0.2) is 0 Å². The molecule has 1 aliphatic heterocycles. The highest BCUT2D eigenvalue weighted by molar-refractivity contribution is 7.17. The monoisotopic (exact) mass is 287 g/mol. The molecule has 18 heavy (non-hydrogen) atoms. The zero-order valence-electron chi connectivity index (χ0n) is 9.74. The molecule has 0 saturated carbocycles. The lowest BCUT2D eigenvalue weighted by molar-refractivity contribution is -0.130. The first-order chi connectivity index (χ1) is 8.66. The highest BCUT2D eigenvalue weighted by atomic mass is 35.5. The van der Waals surface area contributed by atoms with Crippen molar-refractivity contribution in [3.8, 4) is 0 Å². The summed E-state index contributed by atoms with van der Waals surface area (Å²) < 4.78 is 0.564. The number of thiophene rings is 1. The molecule has 1 aliphatic rings. The largest absolute Gasteiger partial charge is 0.342 e. The highest BCUT2D eigenvalue weighted by Gasteiger charge is 2.17. The van der Waals surface area contributed by atoms with E-state index in [9.17, 15) is 9.59 Å². The van der Waals surface area contributed by atoms with E-state index in [0.717, 1.165) is 13.1 Å². The molecule has 0 aliphatic carbocycles. The van der Waals surface area contributed by atoms with Crippen molar-refractivity contribution in [1.82, 2.24) is 15.5 Å².